The van der Waals surface area contributed by atoms with Gasteiger partial charge in [-0.15, -0.1) is 11.6 Å². The predicted molar refractivity (Wildman–Crippen MR) is 39.3 cm³/mol. The van der Waals surface area contributed by atoms with Gasteiger partial charge in [-0.05, 0) is 12.3 Å². The highest BCUT2D eigenvalue weighted by atomic mass is 35.5. The Labute approximate surface area is 62.0 Å². The number of hydrogen-bond acceptors (Lipinski definition) is 0. The van der Waals surface area contributed by atoms with Crippen molar-refractivity contribution in [2.45, 2.75) is 32.1 Å². The fourth-order valence-electron chi connectivity index (χ4n) is 0.800. The molecule has 0 aromatic carbocycles. The average Bonchev–Trinajstić information content (AvgIpc) is 1.87. The van der Waals surface area contributed by atoms with Crippen molar-refractivity contribution in [3.8, 4) is 0 Å². The molecule has 2 heteroatoms. The number of rotatable bonds is 4. The maximum Gasteiger partial charge on any atom is 0.0988 e. The van der Waals surface area contributed by atoms with Gasteiger partial charge in [0.1, 0.15) is 0 Å². The van der Waals surface area contributed by atoms with Crippen LogP contribution >= 0.6 is 11.6 Å². The number of alkyl halides is 1. The van der Waals surface area contributed by atoms with E-state index in [1.807, 2.05) is 6.92 Å². The summed E-state index contributed by atoms with van der Waals surface area (Å²) in [5.74, 6) is 0.383. The van der Waals surface area contributed by atoms with Crippen molar-refractivity contribution in [1.82, 2.24) is 0 Å². The van der Waals surface area contributed by atoms with E-state index in [9.17, 15) is 5.11 Å². The van der Waals surface area contributed by atoms with Crippen LogP contribution in [0, 0.1) is 5.92 Å². The van der Waals surface area contributed by atoms with Gasteiger partial charge in [-0.3, -0.25) is 0 Å². The van der Waals surface area contributed by atoms with Gasteiger partial charge in [-0.25, -0.2) is 5.11 Å². The quantitative estimate of drug-likeness (QED) is 0.548. The monoisotopic (exact) mass is 149 g/mol. The lowest BCUT2D eigenvalue weighted by atomic mass is 10.0. The van der Waals surface area contributed by atoms with Crippen molar-refractivity contribution in [3.63, 3.8) is 0 Å². The Balaban J connectivity index is 3.32. The highest BCUT2D eigenvalue weighted by Gasteiger charge is 2.11. The zero-order valence-corrected chi connectivity index (χ0v) is 6.82. The summed E-state index contributed by atoms with van der Waals surface area (Å²) >= 11 is 5.68. The van der Waals surface area contributed by atoms with E-state index in [2.05, 4.69) is 6.92 Å². The van der Waals surface area contributed by atoms with Crippen molar-refractivity contribution in [1.29, 1.82) is 0 Å². The summed E-state index contributed by atoms with van der Waals surface area (Å²) in [6, 6.07) is 0. The Kier molecular flexibility index (Phi) is 5.21. The van der Waals surface area contributed by atoms with Gasteiger partial charge in [0, 0.05) is 0 Å². The molecule has 2 unspecified atom stereocenters. The van der Waals surface area contributed by atoms with Crippen LogP contribution in [0.5, 0.6) is 0 Å². The van der Waals surface area contributed by atoms with E-state index >= 15 is 0 Å². The van der Waals surface area contributed by atoms with Crippen molar-refractivity contribution in [2.24, 2.45) is 5.92 Å². The normalized spacial score (nSPS) is 17.3. The summed E-state index contributed by atoms with van der Waals surface area (Å²) in [6.07, 6.45) is 2.18. The van der Waals surface area contributed by atoms with Gasteiger partial charge in [0.2, 0.25) is 0 Å². The summed E-state index contributed by atoms with van der Waals surface area (Å²) < 4.78 is 0. The van der Waals surface area contributed by atoms with E-state index in [4.69, 9.17) is 11.6 Å². The zero-order chi connectivity index (χ0) is 7.28. The van der Waals surface area contributed by atoms with Crippen LogP contribution in [0.4, 0.5) is 0 Å². The minimum absolute atomic E-state index is 0.150. The molecule has 9 heavy (non-hydrogen) atoms. The lowest BCUT2D eigenvalue weighted by Crippen LogP contribution is -2.14. The SMILES string of the molecule is CCCC(C)C(Cl)C[O]. The lowest BCUT2D eigenvalue weighted by molar-refractivity contribution is 0.175. The first-order valence-electron chi connectivity index (χ1n) is 3.44. The number of halogens is 1. The van der Waals surface area contributed by atoms with Crippen LogP contribution in [0.15, 0.2) is 0 Å². The first-order valence-corrected chi connectivity index (χ1v) is 3.88. The zero-order valence-electron chi connectivity index (χ0n) is 6.06. The van der Waals surface area contributed by atoms with Gasteiger partial charge in [-0.2, -0.15) is 0 Å². The van der Waals surface area contributed by atoms with Crippen molar-refractivity contribution < 1.29 is 5.11 Å². The molecule has 1 nitrogen and oxygen atoms in total. The summed E-state index contributed by atoms with van der Waals surface area (Å²) in [7, 11) is 0. The highest BCUT2D eigenvalue weighted by molar-refractivity contribution is 6.20. The Morgan fingerprint density at radius 1 is 1.56 bits per heavy atom. The van der Waals surface area contributed by atoms with Crippen LogP contribution in [0.25, 0.3) is 0 Å². The van der Waals surface area contributed by atoms with Gasteiger partial charge in [0.05, 0.1) is 12.0 Å². The summed E-state index contributed by atoms with van der Waals surface area (Å²) in [5.41, 5.74) is 0. The average molecular weight is 150 g/mol. The molecule has 0 amide bonds. The van der Waals surface area contributed by atoms with E-state index in [1.165, 1.54) is 0 Å². The topological polar surface area (TPSA) is 19.9 Å². The van der Waals surface area contributed by atoms with Crippen LogP contribution in [-0.2, 0) is 5.11 Å². The molecule has 0 fully saturated rings. The standard InChI is InChI=1S/C7H14ClO/c1-3-4-6(2)7(8)5-9/h6-7H,3-5H2,1-2H3. The van der Waals surface area contributed by atoms with E-state index in [0.29, 0.717) is 5.92 Å². The molecule has 0 rings (SSSR count). The first-order chi connectivity index (χ1) is 4.22. The van der Waals surface area contributed by atoms with Crippen LogP contribution in [0.3, 0.4) is 0 Å². The van der Waals surface area contributed by atoms with Crippen LogP contribution in [-0.4, -0.2) is 12.0 Å². The summed E-state index contributed by atoms with van der Waals surface area (Å²) in [4.78, 5) is 0. The van der Waals surface area contributed by atoms with E-state index in [0.717, 1.165) is 12.8 Å². The van der Waals surface area contributed by atoms with Crippen molar-refractivity contribution in [3.05, 3.63) is 0 Å². The Bertz CT molecular complexity index is 65.9. The fraction of sp³-hybridized carbons (Fsp3) is 1.00. The van der Waals surface area contributed by atoms with E-state index < -0.39 is 0 Å². The molecule has 0 aliphatic carbocycles. The maximum absolute atomic E-state index is 10.2. The summed E-state index contributed by atoms with van der Waals surface area (Å²) in [5, 5.41) is 10.1. The molecule has 1 radical (unpaired) electrons. The van der Waals surface area contributed by atoms with Crippen LogP contribution in [0.2, 0.25) is 0 Å². The molecule has 0 aromatic rings. The van der Waals surface area contributed by atoms with Crippen molar-refractivity contribution in [2.75, 3.05) is 6.61 Å². The minimum atomic E-state index is -0.162. The molecule has 55 valence electrons. The predicted octanol–water partition coefficient (Wildman–Crippen LogP) is 2.46. The van der Waals surface area contributed by atoms with E-state index in [1.54, 1.807) is 0 Å². The lowest BCUT2D eigenvalue weighted by Gasteiger charge is -2.12. The Morgan fingerprint density at radius 3 is 2.44 bits per heavy atom. The first kappa shape index (κ1) is 9.25. The van der Waals surface area contributed by atoms with Gasteiger partial charge in [0.15, 0.2) is 0 Å². The minimum Gasteiger partial charge on any atom is -0.235 e. The molecule has 0 saturated heterocycles. The largest absolute Gasteiger partial charge is 0.235 e. The second-order valence-electron chi connectivity index (χ2n) is 2.45. The molecule has 0 N–H and O–H groups in total. The molecule has 0 aromatic heterocycles. The maximum atomic E-state index is 10.2. The van der Waals surface area contributed by atoms with Gasteiger partial charge < -0.3 is 0 Å². The molecular weight excluding hydrogens is 136 g/mol. The molecular formula is C7H14ClO. The second kappa shape index (κ2) is 5.07. The van der Waals surface area contributed by atoms with Gasteiger partial charge in [0.25, 0.3) is 0 Å². The molecule has 0 aliphatic rings. The Hall–Kier alpha value is 0.250. The second-order valence-corrected chi connectivity index (χ2v) is 3.01. The molecule has 0 bridgehead atoms. The highest BCUT2D eigenvalue weighted by Crippen LogP contribution is 2.14. The molecule has 0 heterocycles. The molecule has 0 saturated carbocycles. The van der Waals surface area contributed by atoms with Gasteiger partial charge >= 0.3 is 0 Å². The smallest absolute Gasteiger partial charge is 0.0988 e. The Morgan fingerprint density at radius 2 is 2.11 bits per heavy atom. The van der Waals surface area contributed by atoms with Crippen LogP contribution in [0.1, 0.15) is 26.7 Å². The third-order valence-corrected chi connectivity index (χ3v) is 2.08. The fourth-order valence-corrected chi connectivity index (χ4v) is 0.926. The van der Waals surface area contributed by atoms with Gasteiger partial charge in [-0.1, -0.05) is 20.3 Å². The molecule has 2 atom stereocenters. The number of hydrogen-bond donors (Lipinski definition) is 0. The third kappa shape index (κ3) is 3.77. The summed E-state index contributed by atoms with van der Waals surface area (Å²) in [6.45, 7) is 3.98. The third-order valence-electron chi connectivity index (χ3n) is 1.52. The molecule has 0 spiro atoms. The van der Waals surface area contributed by atoms with Crippen LogP contribution < -0.4 is 0 Å². The van der Waals surface area contributed by atoms with Crippen molar-refractivity contribution >= 4 is 11.6 Å². The van der Waals surface area contributed by atoms with E-state index in [-0.39, 0.29) is 12.0 Å². The molecule has 0 aliphatic heterocycles.